The number of pyridine rings is 6. The third kappa shape index (κ3) is 35.6. The summed E-state index contributed by atoms with van der Waals surface area (Å²) in [6.45, 7) is 14.5. The minimum Gasteiger partial charge on any atom is -0.489 e. The summed E-state index contributed by atoms with van der Waals surface area (Å²) in [6.07, 6.45) is 19.2. The van der Waals surface area contributed by atoms with Crippen LogP contribution >= 0.6 is 128 Å². The van der Waals surface area contributed by atoms with Gasteiger partial charge in [-0.05, 0) is 191 Å². The SMILES string of the molecule is C.CC(C)(C)[C@H](CC(=O)OC1CCCC1)C(=O)N1C[C@H](Oc2ccnc(Br)c2)C[C@H]1C(=O)O.COC(=O)[C@@H]1C[C@@H](Oc2ccnc(Br)c2)CN1.COC(=O)[C@@H]1C[C@@H](Oc2ccnc(Br)c2)CN1B(C)O.COC(=O)[C@@H]1C[C@@H](Oc2ccnc(Br)c2)CN1C(=O)[C@@H](CC(=O)OC1CCCC1)C(C)(C)C.Cl.Cl.Clc1ccnc(Br)c1.Nc1cncc(Cl)c1. The van der Waals surface area contributed by atoms with Crippen LogP contribution < -0.4 is 30.0 Å². The molecule has 6 fully saturated rings. The standard InChI is InChI=1S/C24H33BrN2O6.C23H31BrN2O6.C12H16BBrN2O4.C11H13BrN2O3.C5H3BrClN.C5H5ClN2.CH4.2ClH/c1-24(2,3)18(13-21(28)33-15-7-5-6-8-15)22(29)27-14-17(11-19(27)23(30)31-4)32-16-9-10-26-20(25)12-16;1-23(2,3)17(12-20(27)32-14-6-4-5-7-14)21(28)26-13-16(10-18(26)22(29)30)31-15-8-9-25-19(24)11-15;1-13(18)16-7-9(5-10(16)12(17)19-2)20-8-3-4-15-11(14)6-8;1-16-11(15)9-4-8(6-14-9)17-7-2-3-13-10(12)5-7;6-5-3-4(7)1-2-8-5;6-4-1-5(7)3-8-2-4;;;/h9-10,12,15,17-19H,5-8,11,13-14H2,1-4H3;8-9,11,14,16-18H,4-7,10,12-13H2,1-3H3,(H,29,30);3-4,6,9-10,18H,5,7H2,1-2H3;2-3,5,8-9,14H,4,6H2,1H3;1-3H;1-3H,7H2;1H4;2*1H/t17-,18-,19+;16-,17-,18+;9-,10+;8-,9+;;;;;/m1111...../s1. The van der Waals surface area contributed by atoms with Gasteiger partial charge in [-0.15, -0.1) is 24.8 Å². The fourth-order valence-corrected chi connectivity index (χ4v) is 16.0. The normalized spacial score (nSPS) is 20.2. The van der Waals surface area contributed by atoms with Gasteiger partial charge in [0, 0.05) is 111 Å². The average Bonchev–Trinajstić information content (AvgIpc) is 1.63. The molecule has 0 unspecified atom stereocenters. The van der Waals surface area contributed by atoms with Crippen molar-refractivity contribution in [1.82, 2.24) is 49.8 Å². The van der Waals surface area contributed by atoms with Crippen LogP contribution in [0.2, 0.25) is 16.9 Å². The number of nitrogens with two attached hydrogens (primary N) is 1. The molecule has 5 N–H and O–H groups in total. The summed E-state index contributed by atoms with van der Waals surface area (Å²) >= 11 is 27.4. The van der Waals surface area contributed by atoms with Crippen LogP contribution in [0.4, 0.5) is 5.69 Å². The van der Waals surface area contributed by atoms with Gasteiger partial charge in [-0.3, -0.25) is 33.8 Å². The molecule has 0 bridgehead atoms. The van der Waals surface area contributed by atoms with Gasteiger partial charge in [-0.2, -0.15) is 0 Å². The van der Waals surface area contributed by atoms with Crippen molar-refractivity contribution in [3.63, 3.8) is 0 Å². The highest BCUT2D eigenvalue weighted by molar-refractivity contribution is 9.11. The first kappa shape index (κ1) is 107. The van der Waals surface area contributed by atoms with Crippen molar-refractivity contribution in [3.8, 4) is 23.0 Å². The predicted molar refractivity (Wildman–Crippen MR) is 478 cm³/mol. The number of carboxylic acids is 1. The summed E-state index contributed by atoms with van der Waals surface area (Å²) < 4.78 is 52.6. The van der Waals surface area contributed by atoms with E-state index in [4.69, 9.17) is 66.8 Å². The summed E-state index contributed by atoms with van der Waals surface area (Å²) in [5.41, 5.74) is 4.87. The molecule has 0 spiro atoms. The number of nitrogen functional groups attached to an aromatic ring is 1. The van der Waals surface area contributed by atoms with Crippen molar-refractivity contribution >= 4 is 188 Å². The molecule has 6 aliphatic rings. The van der Waals surface area contributed by atoms with E-state index in [1.807, 2.05) is 41.5 Å². The number of carboxylic acid groups (broad SMARTS) is 1. The third-order valence-electron chi connectivity index (χ3n) is 19.7. The molecule has 10 heterocycles. The van der Waals surface area contributed by atoms with Crippen LogP contribution in [0.25, 0.3) is 0 Å². The number of nitrogens with one attached hydrogen (secondary N) is 1. The van der Waals surface area contributed by atoms with Crippen LogP contribution in [0, 0.1) is 22.7 Å². The van der Waals surface area contributed by atoms with Crippen LogP contribution in [0.1, 0.15) is 139 Å². The smallest absolute Gasteiger partial charge is 0.377 e. The van der Waals surface area contributed by atoms with Gasteiger partial charge in [0.15, 0.2) is 0 Å². The van der Waals surface area contributed by atoms with Crippen molar-refractivity contribution in [2.75, 3.05) is 53.2 Å². The first-order valence-corrected chi connectivity index (χ1v) is 43.0. The summed E-state index contributed by atoms with van der Waals surface area (Å²) in [5, 5.41) is 23.8. The van der Waals surface area contributed by atoms with E-state index in [1.54, 1.807) is 116 Å². The molecule has 4 aliphatic heterocycles. The second-order valence-corrected chi connectivity index (χ2v) is 35.6. The highest BCUT2D eigenvalue weighted by Gasteiger charge is 2.49. The summed E-state index contributed by atoms with van der Waals surface area (Å²) in [7, 11) is 3.31. The molecule has 6 aromatic heterocycles. The minimum absolute atomic E-state index is 0. The number of aliphatic carboxylic acids is 1. The van der Waals surface area contributed by atoms with Crippen LogP contribution in [0.15, 0.2) is 133 Å². The van der Waals surface area contributed by atoms with E-state index >= 15 is 0 Å². The molecule has 2 aliphatic carbocycles. The largest absolute Gasteiger partial charge is 0.489 e. The lowest BCUT2D eigenvalue weighted by atomic mass is 9.77. The van der Waals surface area contributed by atoms with Crippen LogP contribution in [0.5, 0.6) is 23.0 Å². The molecule has 121 heavy (non-hydrogen) atoms. The maximum atomic E-state index is 13.7. The fourth-order valence-electron chi connectivity index (χ4n) is 13.8. The number of carbonyl (C=O) groups excluding carboxylic acids is 7. The Balaban J connectivity index is 0.000000323. The molecule has 4 saturated heterocycles. The Morgan fingerprint density at radius 2 is 0.876 bits per heavy atom. The Labute approximate surface area is 771 Å². The number of esters is 5. The topological polar surface area (TPSA) is 385 Å². The van der Waals surface area contributed by atoms with Crippen molar-refractivity contribution < 1.29 is 91.1 Å². The zero-order chi connectivity index (χ0) is 86.6. The lowest BCUT2D eigenvalue weighted by Gasteiger charge is -2.34. The van der Waals surface area contributed by atoms with Gasteiger partial charge in [-0.1, -0.05) is 72.2 Å². The Kier molecular flexibility index (Phi) is 45.9. The molecule has 30 nitrogen and oxygen atoms in total. The molecule has 0 aromatic carbocycles. The third-order valence-corrected chi connectivity index (χ3v) is 22.3. The van der Waals surface area contributed by atoms with Crippen molar-refractivity contribution in [3.05, 3.63) is 143 Å². The van der Waals surface area contributed by atoms with Crippen LogP contribution in [-0.4, -0.2) is 218 Å². The number of hydrogen-bond acceptors (Lipinski definition) is 27. The van der Waals surface area contributed by atoms with E-state index in [9.17, 15) is 48.5 Å². The van der Waals surface area contributed by atoms with Gasteiger partial charge in [-0.25, -0.2) is 34.5 Å². The second kappa shape index (κ2) is 52.2. The number of amides is 2. The fraction of sp³-hybridized carbons (Fsp3) is 0.531. The molecule has 0 radical (unpaired) electrons. The number of aromatic nitrogens is 6. The van der Waals surface area contributed by atoms with Gasteiger partial charge >= 0.3 is 42.9 Å². The number of likely N-dealkylation sites (tertiary alicyclic amines) is 2. The first-order chi connectivity index (χ1) is 55.9. The minimum atomic E-state index is -1.08. The Morgan fingerprint density at radius 3 is 1.21 bits per heavy atom. The Bertz CT molecular complexity index is 4240. The summed E-state index contributed by atoms with van der Waals surface area (Å²) in [6, 6.07) is 16.5. The zero-order valence-electron chi connectivity index (χ0n) is 68.0. The Morgan fingerprint density at radius 1 is 0.512 bits per heavy atom. The number of anilines is 1. The van der Waals surface area contributed by atoms with Crippen molar-refractivity contribution in [1.29, 1.82) is 0 Å². The van der Waals surface area contributed by atoms with E-state index in [0.29, 0.717) is 79.1 Å². The Hall–Kier alpha value is -6.84. The summed E-state index contributed by atoms with van der Waals surface area (Å²) in [4.78, 5) is 128. The van der Waals surface area contributed by atoms with E-state index in [-0.39, 0.29) is 125 Å². The van der Waals surface area contributed by atoms with Gasteiger partial charge in [0.2, 0.25) is 11.8 Å². The molecular weight excluding hydrogens is 1980 g/mol. The van der Waals surface area contributed by atoms with E-state index in [0.717, 1.165) is 66.3 Å². The van der Waals surface area contributed by atoms with Crippen LogP contribution in [0.3, 0.4) is 0 Å². The number of nitrogens with zero attached hydrogens (tertiary/aromatic N) is 9. The van der Waals surface area contributed by atoms with Gasteiger partial charge in [0.05, 0.1) is 69.8 Å². The molecule has 12 rings (SSSR count). The molecule has 6 aromatic rings. The molecule has 10 atom stereocenters. The summed E-state index contributed by atoms with van der Waals surface area (Å²) in [5.74, 6) is -2.32. The molecule has 2 saturated carbocycles. The molecule has 666 valence electrons. The quantitative estimate of drug-likeness (QED) is 0.0225. The van der Waals surface area contributed by atoms with Gasteiger partial charge < -0.3 is 78.4 Å². The average molecular weight is 2090 g/mol. The maximum absolute atomic E-state index is 13.7. The number of carbonyl (C=O) groups is 8. The number of methoxy groups -OCH3 is 3. The van der Waals surface area contributed by atoms with E-state index < -0.39 is 78.0 Å². The van der Waals surface area contributed by atoms with E-state index in [1.165, 1.54) is 37.3 Å². The monoisotopic (exact) mass is 2080 g/mol. The number of ether oxygens (including phenoxy) is 9. The predicted octanol–water partition coefficient (Wildman–Crippen LogP) is 15.1. The molecular formula is C81H107BBr5Cl4N11O19. The van der Waals surface area contributed by atoms with Gasteiger partial charge in [0.25, 0.3) is 0 Å². The van der Waals surface area contributed by atoms with E-state index in [2.05, 4.69) is 120 Å². The second-order valence-electron chi connectivity index (χ2n) is 30.7. The lowest BCUT2D eigenvalue weighted by molar-refractivity contribution is -0.158. The van der Waals surface area contributed by atoms with Crippen molar-refractivity contribution in [2.24, 2.45) is 22.7 Å². The molecule has 40 heteroatoms. The maximum Gasteiger partial charge on any atom is 0.377 e. The highest BCUT2D eigenvalue weighted by atomic mass is 79.9. The molecule has 2 amide bonds. The number of rotatable bonds is 21. The highest BCUT2D eigenvalue weighted by Crippen LogP contribution is 2.38. The van der Waals surface area contributed by atoms with Gasteiger partial charge in [0.1, 0.15) is 107 Å². The number of halogens is 9. The first-order valence-electron chi connectivity index (χ1n) is 38.3. The van der Waals surface area contributed by atoms with Crippen LogP contribution in [-0.2, 0) is 62.0 Å². The number of hydrogen-bond donors (Lipinski definition) is 4. The van der Waals surface area contributed by atoms with Crippen molar-refractivity contribution in [2.45, 2.75) is 206 Å². The lowest BCUT2D eigenvalue weighted by Crippen LogP contribution is -2.47. The zero-order valence-corrected chi connectivity index (χ0v) is 79.1.